The van der Waals surface area contributed by atoms with Crippen molar-refractivity contribution >= 4 is 31.7 Å². The number of halogens is 1. The summed E-state index contributed by atoms with van der Waals surface area (Å²) in [5.74, 6) is 0.134. The molecular formula is C12H14BrNO4S. The standard InChI is InChI=1S/C12H14BrNO4S/c1-8(15)9-6-14(7-9)19(16,17)12-5-10(13)3-4-11(12)18-2/h3-5,9H,6-7H2,1-2H3. The van der Waals surface area contributed by atoms with Crippen LogP contribution < -0.4 is 4.74 Å². The number of carbonyl (C=O) groups excluding carboxylic acids is 1. The zero-order valence-electron chi connectivity index (χ0n) is 10.6. The van der Waals surface area contributed by atoms with Gasteiger partial charge in [-0.25, -0.2) is 8.42 Å². The summed E-state index contributed by atoms with van der Waals surface area (Å²) in [4.78, 5) is 11.3. The molecule has 1 aromatic rings. The van der Waals surface area contributed by atoms with E-state index in [-0.39, 0.29) is 29.7 Å². The first kappa shape index (κ1) is 14.5. The molecule has 1 saturated heterocycles. The summed E-state index contributed by atoms with van der Waals surface area (Å²) in [7, 11) is -2.18. The Balaban J connectivity index is 2.31. The third-order valence-corrected chi connectivity index (χ3v) is 5.51. The fraction of sp³-hybridized carbons (Fsp3) is 0.417. The molecule has 1 heterocycles. The Labute approximate surface area is 120 Å². The highest BCUT2D eigenvalue weighted by Crippen LogP contribution is 2.33. The van der Waals surface area contributed by atoms with Crippen LogP contribution in [0.1, 0.15) is 6.92 Å². The number of Topliss-reactive ketones (excluding diaryl/α,β-unsaturated/α-hetero) is 1. The first-order valence-corrected chi connectivity index (χ1v) is 7.93. The minimum atomic E-state index is -3.61. The van der Waals surface area contributed by atoms with Gasteiger partial charge in [-0.05, 0) is 25.1 Å². The van der Waals surface area contributed by atoms with Crippen LogP contribution in [0.3, 0.4) is 0 Å². The molecule has 1 fully saturated rings. The van der Waals surface area contributed by atoms with E-state index in [1.165, 1.54) is 24.4 Å². The molecule has 7 heteroatoms. The SMILES string of the molecule is COc1ccc(Br)cc1S(=O)(=O)N1CC(C(C)=O)C1. The number of nitrogens with zero attached hydrogens (tertiary/aromatic N) is 1. The zero-order chi connectivity index (χ0) is 14.2. The van der Waals surface area contributed by atoms with Gasteiger partial charge in [-0.2, -0.15) is 4.31 Å². The van der Waals surface area contributed by atoms with Gasteiger partial charge in [-0.15, -0.1) is 0 Å². The van der Waals surface area contributed by atoms with Crippen LogP contribution in [-0.4, -0.2) is 38.7 Å². The lowest BCUT2D eigenvalue weighted by Gasteiger charge is -2.36. The van der Waals surface area contributed by atoms with Crippen LogP contribution >= 0.6 is 15.9 Å². The molecule has 0 radical (unpaired) electrons. The van der Waals surface area contributed by atoms with Crippen LogP contribution in [0.4, 0.5) is 0 Å². The van der Waals surface area contributed by atoms with Gasteiger partial charge in [0.05, 0.1) is 7.11 Å². The van der Waals surface area contributed by atoms with Gasteiger partial charge in [0.2, 0.25) is 10.0 Å². The maximum atomic E-state index is 12.4. The van der Waals surface area contributed by atoms with E-state index in [0.717, 1.165) is 0 Å². The minimum absolute atomic E-state index is 0.0210. The van der Waals surface area contributed by atoms with Gasteiger partial charge >= 0.3 is 0 Å². The maximum absolute atomic E-state index is 12.4. The lowest BCUT2D eigenvalue weighted by atomic mass is 9.99. The number of benzene rings is 1. The molecule has 0 unspecified atom stereocenters. The van der Waals surface area contributed by atoms with E-state index in [2.05, 4.69) is 15.9 Å². The monoisotopic (exact) mass is 347 g/mol. The molecule has 0 bridgehead atoms. The van der Waals surface area contributed by atoms with Crippen LogP contribution in [0.25, 0.3) is 0 Å². The van der Waals surface area contributed by atoms with Crippen molar-refractivity contribution in [3.05, 3.63) is 22.7 Å². The van der Waals surface area contributed by atoms with E-state index < -0.39 is 10.0 Å². The normalized spacial score (nSPS) is 17.0. The lowest BCUT2D eigenvalue weighted by Crippen LogP contribution is -2.52. The average molecular weight is 348 g/mol. The predicted molar refractivity (Wildman–Crippen MR) is 73.6 cm³/mol. The van der Waals surface area contributed by atoms with Gasteiger partial charge < -0.3 is 4.74 Å². The van der Waals surface area contributed by atoms with E-state index in [1.807, 2.05) is 0 Å². The first-order valence-electron chi connectivity index (χ1n) is 5.70. The fourth-order valence-electron chi connectivity index (χ4n) is 1.88. The second kappa shape index (κ2) is 5.22. The second-order valence-corrected chi connectivity index (χ2v) is 7.25. The van der Waals surface area contributed by atoms with Crippen molar-refractivity contribution in [2.24, 2.45) is 5.92 Å². The summed E-state index contributed by atoms with van der Waals surface area (Å²) >= 11 is 3.25. The van der Waals surface area contributed by atoms with Crippen molar-refractivity contribution < 1.29 is 17.9 Å². The summed E-state index contributed by atoms with van der Waals surface area (Å²) in [5, 5.41) is 0. The molecule has 0 amide bonds. The van der Waals surface area contributed by atoms with E-state index in [9.17, 15) is 13.2 Å². The van der Waals surface area contributed by atoms with E-state index >= 15 is 0 Å². The second-order valence-electron chi connectivity index (χ2n) is 4.42. The third-order valence-electron chi connectivity index (χ3n) is 3.17. The smallest absolute Gasteiger partial charge is 0.246 e. The molecule has 0 spiro atoms. The van der Waals surface area contributed by atoms with Crippen molar-refractivity contribution in [3.63, 3.8) is 0 Å². The number of carbonyl (C=O) groups is 1. The van der Waals surface area contributed by atoms with Gasteiger partial charge in [-0.1, -0.05) is 15.9 Å². The molecule has 0 saturated carbocycles. The Morgan fingerprint density at radius 1 is 1.42 bits per heavy atom. The Bertz CT molecular complexity index is 608. The number of ketones is 1. The topological polar surface area (TPSA) is 63.7 Å². The number of sulfonamides is 1. The molecule has 19 heavy (non-hydrogen) atoms. The molecule has 1 aliphatic rings. The molecule has 0 atom stereocenters. The van der Waals surface area contributed by atoms with Gasteiger partial charge in [0.1, 0.15) is 16.4 Å². The highest BCUT2D eigenvalue weighted by molar-refractivity contribution is 9.10. The van der Waals surface area contributed by atoms with Crippen molar-refractivity contribution in [1.29, 1.82) is 0 Å². The first-order chi connectivity index (χ1) is 8.86. The Morgan fingerprint density at radius 2 is 2.05 bits per heavy atom. The molecular weight excluding hydrogens is 334 g/mol. The molecule has 0 N–H and O–H groups in total. The Morgan fingerprint density at radius 3 is 2.58 bits per heavy atom. The molecule has 0 aliphatic carbocycles. The lowest BCUT2D eigenvalue weighted by molar-refractivity contribution is -0.123. The number of methoxy groups -OCH3 is 1. The minimum Gasteiger partial charge on any atom is -0.495 e. The maximum Gasteiger partial charge on any atom is 0.246 e. The van der Waals surface area contributed by atoms with Crippen LogP contribution in [-0.2, 0) is 14.8 Å². The van der Waals surface area contributed by atoms with E-state index in [4.69, 9.17) is 4.74 Å². The number of ether oxygens (including phenoxy) is 1. The third kappa shape index (κ3) is 2.68. The summed E-state index contributed by atoms with van der Waals surface area (Å²) in [6.07, 6.45) is 0. The summed E-state index contributed by atoms with van der Waals surface area (Å²) in [5.41, 5.74) is 0. The van der Waals surface area contributed by atoms with Crippen LogP contribution in [0.2, 0.25) is 0 Å². The Kier molecular flexibility index (Phi) is 3.98. The van der Waals surface area contributed by atoms with E-state index in [1.54, 1.807) is 12.1 Å². The van der Waals surface area contributed by atoms with Crippen LogP contribution in [0.15, 0.2) is 27.6 Å². The highest BCUT2D eigenvalue weighted by atomic mass is 79.9. The number of hydrogen-bond acceptors (Lipinski definition) is 4. The highest BCUT2D eigenvalue weighted by Gasteiger charge is 2.40. The zero-order valence-corrected chi connectivity index (χ0v) is 13.0. The van der Waals surface area contributed by atoms with Crippen molar-refractivity contribution in [1.82, 2.24) is 4.31 Å². The van der Waals surface area contributed by atoms with Crippen molar-refractivity contribution in [3.8, 4) is 5.75 Å². The van der Waals surface area contributed by atoms with Gasteiger partial charge in [-0.3, -0.25) is 4.79 Å². The quantitative estimate of drug-likeness (QED) is 0.830. The number of hydrogen-bond donors (Lipinski definition) is 0. The van der Waals surface area contributed by atoms with Gasteiger partial charge in [0, 0.05) is 23.5 Å². The molecule has 1 aliphatic heterocycles. The van der Waals surface area contributed by atoms with Crippen molar-refractivity contribution in [2.75, 3.05) is 20.2 Å². The van der Waals surface area contributed by atoms with Crippen LogP contribution in [0, 0.1) is 5.92 Å². The summed E-state index contributed by atoms with van der Waals surface area (Å²) < 4.78 is 31.9. The number of rotatable bonds is 4. The largest absolute Gasteiger partial charge is 0.495 e. The van der Waals surface area contributed by atoms with Crippen LogP contribution in [0.5, 0.6) is 5.75 Å². The average Bonchev–Trinajstić information content (AvgIpc) is 2.25. The van der Waals surface area contributed by atoms with E-state index in [0.29, 0.717) is 10.2 Å². The molecule has 0 aromatic heterocycles. The molecule has 1 aromatic carbocycles. The molecule has 5 nitrogen and oxygen atoms in total. The summed E-state index contributed by atoms with van der Waals surface area (Å²) in [6.45, 7) is 1.97. The van der Waals surface area contributed by atoms with Gasteiger partial charge in [0.15, 0.2) is 0 Å². The Hall–Kier alpha value is -0.920. The van der Waals surface area contributed by atoms with Crippen molar-refractivity contribution in [2.45, 2.75) is 11.8 Å². The fourth-order valence-corrected chi connectivity index (χ4v) is 4.11. The van der Waals surface area contributed by atoms with Gasteiger partial charge in [0.25, 0.3) is 0 Å². The predicted octanol–water partition coefficient (Wildman–Crippen LogP) is 1.67. The summed E-state index contributed by atoms with van der Waals surface area (Å²) in [6, 6.07) is 4.82. The molecule has 104 valence electrons. The molecule has 2 rings (SSSR count).